The number of thiophene rings is 1. The van der Waals surface area contributed by atoms with Crippen LogP contribution in [-0.4, -0.2) is 24.2 Å². The minimum absolute atomic E-state index is 0.0167. The quantitative estimate of drug-likeness (QED) is 0.845. The zero-order valence-corrected chi connectivity index (χ0v) is 12.6. The molecule has 18 heavy (non-hydrogen) atoms. The summed E-state index contributed by atoms with van der Waals surface area (Å²) >= 11 is 7.42. The van der Waals surface area contributed by atoms with Crippen LogP contribution in [0.15, 0.2) is 5.38 Å². The minimum atomic E-state index is -0.116. The number of nitrogens with one attached hydrogen (secondary N) is 1. The Morgan fingerprint density at radius 3 is 2.72 bits per heavy atom. The van der Waals surface area contributed by atoms with Crippen LogP contribution >= 0.6 is 22.9 Å². The molecule has 1 aromatic rings. The van der Waals surface area contributed by atoms with Crippen LogP contribution in [0.4, 0.5) is 0 Å². The molecule has 1 rings (SSSR count). The summed E-state index contributed by atoms with van der Waals surface area (Å²) in [4.78, 5) is 12.5. The first-order chi connectivity index (χ1) is 8.37. The van der Waals surface area contributed by atoms with Crippen LogP contribution in [0, 0.1) is 12.3 Å². The minimum Gasteiger partial charge on any atom is -0.396 e. The molecule has 0 aliphatic rings. The lowest BCUT2D eigenvalue weighted by Crippen LogP contribution is -2.33. The van der Waals surface area contributed by atoms with Gasteiger partial charge in [-0.1, -0.05) is 25.4 Å². The maximum absolute atomic E-state index is 12.0. The number of amides is 1. The molecule has 0 unspecified atom stereocenters. The first-order valence-corrected chi connectivity index (χ1v) is 7.26. The highest BCUT2D eigenvalue weighted by Crippen LogP contribution is 2.27. The van der Waals surface area contributed by atoms with E-state index in [1.165, 1.54) is 11.3 Å². The topological polar surface area (TPSA) is 49.3 Å². The zero-order chi connectivity index (χ0) is 13.8. The fourth-order valence-corrected chi connectivity index (χ4v) is 2.82. The summed E-state index contributed by atoms with van der Waals surface area (Å²) in [6, 6.07) is 0. The number of hydrogen-bond donors (Lipinski definition) is 2. The van der Waals surface area contributed by atoms with Gasteiger partial charge < -0.3 is 10.4 Å². The van der Waals surface area contributed by atoms with Crippen molar-refractivity contribution in [1.29, 1.82) is 0 Å². The largest absolute Gasteiger partial charge is 0.396 e. The predicted octanol–water partition coefficient (Wildman–Crippen LogP) is 3.24. The van der Waals surface area contributed by atoms with Gasteiger partial charge in [0.05, 0.1) is 5.02 Å². The van der Waals surface area contributed by atoms with Crippen molar-refractivity contribution in [3.8, 4) is 0 Å². The van der Waals surface area contributed by atoms with Crippen molar-refractivity contribution in [1.82, 2.24) is 5.32 Å². The summed E-state index contributed by atoms with van der Waals surface area (Å²) in [5, 5.41) is 14.2. The second-order valence-electron chi connectivity index (χ2n) is 5.24. The van der Waals surface area contributed by atoms with Crippen molar-refractivity contribution in [2.45, 2.75) is 33.6 Å². The summed E-state index contributed by atoms with van der Waals surface area (Å²) < 4.78 is 0. The maximum Gasteiger partial charge on any atom is 0.262 e. The molecule has 0 fully saturated rings. The predicted molar refractivity (Wildman–Crippen MR) is 76.5 cm³/mol. The van der Waals surface area contributed by atoms with Crippen molar-refractivity contribution in [3.63, 3.8) is 0 Å². The van der Waals surface area contributed by atoms with Gasteiger partial charge in [0.2, 0.25) is 0 Å². The van der Waals surface area contributed by atoms with Crippen molar-refractivity contribution in [2.24, 2.45) is 5.41 Å². The van der Waals surface area contributed by atoms with Gasteiger partial charge in [0.1, 0.15) is 4.88 Å². The van der Waals surface area contributed by atoms with Crippen LogP contribution in [0.3, 0.4) is 0 Å². The second kappa shape index (κ2) is 6.55. The zero-order valence-electron chi connectivity index (χ0n) is 11.0. The molecule has 0 atom stereocenters. The van der Waals surface area contributed by atoms with Gasteiger partial charge >= 0.3 is 0 Å². The van der Waals surface area contributed by atoms with Gasteiger partial charge in [-0.15, -0.1) is 11.3 Å². The Balaban J connectivity index is 2.53. The number of carbonyl (C=O) groups excluding carboxylic acids is 1. The van der Waals surface area contributed by atoms with E-state index in [1.54, 1.807) is 0 Å². The smallest absolute Gasteiger partial charge is 0.262 e. The highest BCUT2D eigenvalue weighted by Gasteiger charge is 2.20. The van der Waals surface area contributed by atoms with Crippen LogP contribution in [-0.2, 0) is 0 Å². The lowest BCUT2D eigenvalue weighted by Gasteiger charge is -2.24. The van der Waals surface area contributed by atoms with Gasteiger partial charge in [0, 0.05) is 13.2 Å². The Morgan fingerprint density at radius 1 is 1.56 bits per heavy atom. The Kier molecular flexibility index (Phi) is 5.63. The SMILES string of the molecule is Cc1csc(C(=O)NCC(C)(C)CCCO)c1Cl. The molecule has 102 valence electrons. The number of halogens is 1. The molecule has 1 aromatic heterocycles. The Bertz CT molecular complexity index is 415. The molecule has 0 aliphatic carbocycles. The van der Waals surface area contributed by atoms with Crippen molar-refractivity contribution in [2.75, 3.05) is 13.2 Å². The van der Waals surface area contributed by atoms with E-state index in [0.29, 0.717) is 16.4 Å². The summed E-state index contributed by atoms with van der Waals surface area (Å²) in [6.07, 6.45) is 1.63. The Morgan fingerprint density at radius 2 is 2.22 bits per heavy atom. The van der Waals surface area contributed by atoms with Crippen LogP contribution < -0.4 is 5.32 Å². The van der Waals surface area contributed by atoms with E-state index in [9.17, 15) is 4.79 Å². The molecular weight excluding hydrogens is 270 g/mol. The standard InChI is InChI=1S/C13H20ClNO2S/c1-9-7-18-11(10(9)14)12(17)15-8-13(2,3)5-4-6-16/h7,16H,4-6,8H2,1-3H3,(H,15,17). The summed E-state index contributed by atoms with van der Waals surface area (Å²) in [6.45, 7) is 6.81. The molecule has 1 amide bonds. The molecule has 1 heterocycles. The normalized spacial score (nSPS) is 11.6. The first kappa shape index (κ1) is 15.5. The monoisotopic (exact) mass is 289 g/mol. The molecule has 0 saturated heterocycles. The number of aryl methyl sites for hydroxylation is 1. The summed E-state index contributed by atoms with van der Waals surface area (Å²) in [5.41, 5.74) is 0.920. The molecule has 0 aliphatic heterocycles. The van der Waals surface area contributed by atoms with Gasteiger partial charge in [0.25, 0.3) is 5.91 Å². The van der Waals surface area contributed by atoms with Gasteiger partial charge in [0.15, 0.2) is 0 Å². The van der Waals surface area contributed by atoms with Crippen LogP contribution in [0.1, 0.15) is 41.9 Å². The van der Waals surface area contributed by atoms with Gasteiger partial charge in [-0.25, -0.2) is 0 Å². The third-order valence-corrected chi connectivity index (χ3v) is 4.54. The molecule has 0 radical (unpaired) electrons. The van der Waals surface area contributed by atoms with E-state index in [-0.39, 0.29) is 17.9 Å². The number of aliphatic hydroxyl groups is 1. The molecular formula is C13H20ClNO2S. The lowest BCUT2D eigenvalue weighted by atomic mass is 9.88. The number of aliphatic hydroxyl groups excluding tert-OH is 1. The number of carbonyl (C=O) groups is 1. The van der Waals surface area contributed by atoms with Gasteiger partial charge in [-0.05, 0) is 36.1 Å². The summed E-state index contributed by atoms with van der Waals surface area (Å²) in [7, 11) is 0. The van der Waals surface area contributed by atoms with Crippen molar-refractivity contribution < 1.29 is 9.90 Å². The van der Waals surface area contributed by atoms with E-state index >= 15 is 0 Å². The van der Waals surface area contributed by atoms with Crippen molar-refractivity contribution in [3.05, 3.63) is 20.8 Å². The summed E-state index contributed by atoms with van der Waals surface area (Å²) in [5.74, 6) is -0.116. The van der Waals surface area contributed by atoms with Crippen LogP contribution in [0.5, 0.6) is 0 Å². The Labute approximate surface area is 117 Å². The van der Waals surface area contributed by atoms with E-state index in [4.69, 9.17) is 16.7 Å². The highest BCUT2D eigenvalue weighted by molar-refractivity contribution is 7.13. The third kappa shape index (κ3) is 4.26. The molecule has 0 aromatic carbocycles. The molecule has 5 heteroatoms. The lowest BCUT2D eigenvalue weighted by molar-refractivity contribution is 0.0937. The van der Waals surface area contributed by atoms with Crippen LogP contribution in [0.25, 0.3) is 0 Å². The third-order valence-electron chi connectivity index (χ3n) is 2.84. The molecule has 2 N–H and O–H groups in total. The second-order valence-corrected chi connectivity index (χ2v) is 6.49. The number of hydrogen-bond acceptors (Lipinski definition) is 3. The van der Waals surface area contributed by atoms with E-state index < -0.39 is 0 Å². The average molecular weight is 290 g/mol. The van der Waals surface area contributed by atoms with E-state index in [2.05, 4.69) is 19.2 Å². The van der Waals surface area contributed by atoms with E-state index in [1.807, 2.05) is 12.3 Å². The first-order valence-electron chi connectivity index (χ1n) is 6.00. The highest BCUT2D eigenvalue weighted by atomic mass is 35.5. The molecule has 3 nitrogen and oxygen atoms in total. The van der Waals surface area contributed by atoms with Gasteiger partial charge in [-0.3, -0.25) is 4.79 Å². The fraction of sp³-hybridized carbons (Fsp3) is 0.615. The maximum atomic E-state index is 12.0. The molecule has 0 bridgehead atoms. The van der Waals surface area contributed by atoms with Crippen LogP contribution in [0.2, 0.25) is 5.02 Å². The molecule has 0 saturated carbocycles. The van der Waals surface area contributed by atoms with E-state index in [0.717, 1.165) is 18.4 Å². The Hall–Kier alpha value is -0.580. The van der Waals surface area contributed by atoms with Gasteiger partial charge in [-0.2, -0.15) is 0 Å². The average Bonchev–Trinajstić information content (AvgIpc) is 2.65. The van der Waals surface area contributed by atoms with Crippen molar-refractivity contribution >= 4 is 28.8 Å². The molecule has 0 spiro atoms. The fourth-order valence-electron chi connectivity index (χ4n) is 1.63. The number of rotatable bonds is 6.